The largest absolute Gasteiger partial charge is 0.533 e. The SMILES string of the molecule is C#Cc1ccc2c(c1)C(COC(=O)ON1C(=O)CCC1=O)c1cc(C#C)ccc1-2. The maximum absolute atomic E-state index is 12.1. The Morgan fingerprint density at radius 3 is 1.97 bits per heavy atom. The molecule has 6 nitrogen and oxygen atoms in total. The first-order chi connectivity index (χ1) is 14.0. The second kappa shape index (κ2) is 7.18. The first-order valence-corrected chi connectivity index (χ1v) is 8.94. The minimum Gasteiger partial charge on any atom is -0.432 e. The van der Waals surface area contributed by atoms with Gasteiger partial charge in [-0.15, -0.1) is 12.8 Å². The Hall–Kier alpha value is -4.03. The van der Waals surface area contributed by atoms with Crippen LogP contribution in [-0.2, 0) is 19.2 Å². The molecule has 2 amide bonds. The Labute approximate surface area is 167 Å². The molecule has 1 aliphatic heterocycles. The minimum atomic E-state index is -1.12. The third-order valence-corrected chi connectivity index (χ3v) is 5.02. The second-order valence-electron chi connectivity index (χ2n) is 6.68. The Morgan fingerprint density at radius 1 is 0.966 bits per heavy atom. The van der Waals surface area contributed by atoms with Gasteiger partial charge in [-0.2, -0.15) is 0 Å². The number of nitrogens with zero attached hydrogens (tertiary/aromatic N) is 1. The fraction of sp³-hybridized carbons (Fsp3) is 0.174. The molecule has 0 unspecified atom stereocenters. The van der Waals surface area contributed by atoms with E-state index in [4.69, 9.17) is 22.4 Å². The zero-order valence-corrected chi connectivity index (χ0v) is 15.3. The lowest BCUT2D eigenvalue weighted by Gasteiger charge is -2.16. The zero-order chi connectivity index (χ0) is 20.5. The summed E-state index contributed by atoms with van der Waals surface area (Å²) in [5.41, 5.74) is 5.18. The number of carbonyl (C=O) groups excluding carboxylic acids is 3. The minimum absolute atomic E-state index is 0.0131. The highest BCUT2D eigenvalue weighted by Crippen LogP contribution is 2.45. The van der Waals surface area contributed by atoms with Gasteiger partial charge in [0.2, 0.25) is 0 Å². The number of benzene rings is 2. The molecule has 0 radical (unpaired) electrons. The van der Waals surface area contributed by atoms with Crippen LogP contribution < -0.4 is 0 Å². The van der Waals surface area contributed by atoms with E-state index in [1.807, 2.05) is 36.4 Å². The Bertz CT molecular complexity index is 1060. The summed E-state index contributed by atoms with van der Waals surface area (Å²) in [7, 11) is 0. The molecule has 2 aliphatic rings. The fourth-order valence-corrected chi connectivity index (χ4v) is 3.63. The van der Waals surface area contributed by atoms with Gasteiger partial charge in [-0.25, -0.2) is 4.79 Å². The molecule has 29 heavy (non-hydrogen) atoms. The standard InChI is InChI=1S/C23H15NO5/c1-3-14-5-7-16-17-8-6-15(4-2)12-19(17)20(18(16)11-14)13-28-23(27)29-24-21(25)9-10-22(24)26/h1-2,5-8,11-12,20H,9-10,13H2. The van der Waals surface area contributed by atoms with Crippen molar-refractivity contribution >= 4 is 18.0 Å². The summed E-state index contributed by atoms with van der Waals surface area (Å²) in [5, 5.41) is 0.450. The van der Waals surface area contributed by atoms with Crippen molar-refractivity contribution in [3.05, 3.63) is 58.7 Å². The molecular formula is C23H15NO5. The van der Waals surface area contributed by atoms with E-state index in [1.165, 1.54) is 0 Å². The number of rotatable bonds is 3. The Kier molecular flexibility index (Phi) is 4.54. The maximum atomic E-state index is 12.1. The van der Waals surface area contributed by atoms with Crippen molar-refractivity contribution in [1.82, 2.24) is 5.06 Å². The van der Waals surface area contributed by atoms with Crippen molar-refractivity contribution < 1.29 is 24.0 Å². The van der Waals surface area contributed by atoms with E-state index >= 15 is 0 Å². The van der Waals surface area contributed by atoms with Crippen molar-refractivity contribution in [2.24, 2.45) is 0 Å². The van der Waals surface area contributed by atoms with E-state index in [2.05, 4.69) is 11.8 Å². The summed E-state index contributed by atoms with van der Waals surface area (Å²) < 4.78 is 5.23. The van der Waals surface area contributed by atoms with Gasteiger partial charge in [0.05, 0.1) is 0 Å². The average Bonchev–Trinajstić information content (AvgIpc) is 3.22. The number of hydroxylamine groups is 2. The number of carbonyl (C=O) groups is 3. The Morgan fingerprint density at radius 2 is 1.48 bits per heavy atom. The summed E-state index contributed by atoms with van der Waals surface area (Å²) in [6.45, 7) is -0.0584. The van der Waals surface area contributed by atoms with Gasteiger partial charge in [-0.1, -0.05) is 29.0 Å². The number of imide groups is 1. The van der Waals surface area contributed by atoms with E-state index < -0.39 is 18.0 Å². The summed E-state index contributed by atoms with van der Waals surface area (Å²) in [6, 6.07) is 11.3. The quantitative estimate of drug-likeness (QED) is 0.461. The lowest BCUT2D eigenvalue weighted by Crippen LogP contribution is -2.32. The molecule has 4 rings (SSSR count). The summed E-state index contributed by atoms with van der Waals surface area (Å²) in [6.07, 6.45) is 9.96. The van der Waals surface area contributed by atoms with Gasteiger partial charge in [-0.3, -0.25) is 14.4 Å². The second-order valence-corrected chi connectivity index (χ2v) is 6.68. The van der Waals surface area contributed by atoms with Gasteiger partial charge in [0, 0.05) is 29.9 Å². The first kappa shape index (κ1) is 18.3. The van der Waals surface area contributed by atoms with Crippen molar-refractivity contribution in [3.8, 4) is 35.8 Å². The third-order valence-electron chi connectivity index (χ3n) is 5.02. The van der Waals surface area contributed by atoms with Crippen molar-refractivity contribution in [2.75, 3.05) is 6.61 Å². The molecule has 1 saturated heterocycles. The van der Waals surface area contributed by atoms with Crippen LogP contribution in [0.4, 0.5) is 4.79 Å². The fourth-order valence-electron chi connectivity index (χ4n) is 3.63. The predicted molar refractivity (Wildman–Crippen MR) is 103 cm³/mol. The van der Waals surface area contributed by atoms with E-state index in [9.17, 15) is 14.4 Å². The van der Waals surface area contributed by atoms with Gasteiger partial charge in [0.25, 0.3) is 11.8 Å². The summed E-state index contributed by atoms with van der Waals surface area (Å²) >= 11 is 0. The molecule has 0 spiro atoms. The lowest BCUT2D eigenvalue weighted by atomic mass is 9.96. The van der Waals surface area contributed by atoms with Gasteiger partial charge in [0.15, 0.2) is 0 Å². The van der Waals surface area contributed by atoms with Crippen LogP contribution in [0.3, 0.4) is 0 Å². The summed E-state index contributed by atoms with van der Waals surface area (Å²) in [4.78, 5) is 40.0. The van der Waals surface area contributed by atoms with Crippen LogP contribution in [-0.4, -0.2) is 29.6 Å². The number of ether oxygens (including phenoxy) is 1. The van der Waals surface area contributed by atoms with E-state index in [0.29, 0.717) is 16.2 Å². The van der Waals surface area contributed by atoms with Gasteiger partial charge >= 0.3 is 6.16 Å². The van der Waals surface area contributed by atoms with Crippen molar-refractivity contribution in [1.29, 1.82) is 0 Å². The van der Waals surface area contributed by atoms with Gasteiger partial charge in [0.1, 0.15) is 6.61 Å². The number of fused-ring (bicyclic) bond motifs is 3. The van der Waals surface area contributed by atoms with Crippen LogP contribution in [0.5, 0.6) is 0 Å². The predicted octanol–water partition coefficient (Wildman–Crippen LogP) is 2.98. The molecule has 0 N–H and O–H groups in total. The van der Waals surface area contributed by atoms with Gasteiger partial charge in [-0.05, 0) is 46.5 Å². The number of hydrogen-bond acceptors (Lipinski definition) is 5. The maximum Gasteiger partial charge on any atom is 0.533 e. The zero-order valence-electron chi connectivity index (χ0n) is 15.3. The molecule has 1 aliphatic carbocycles. The van der Waals surface area contributed by atoms with Crippen LogP contribution in [0.15, 0.2) is 36.4 Å². The average molecular weight is 385 g/mol. The molecule has 0 saturated carbocycles. The highest BCUT2D eigenvalue weighted by molar-refractivity contribution is 6.01. The topological polar surface area (TPSA) is 72.9 Å². The normalized spacial score (nSPS) is 14.8. The molecule has 1 fully saturated rings. The smallest absolute Gasteiger partial charge is 0.432 e. The molecule has 2 aromatic carbocycles. The third kappa shape index (κ3) is 3.22. The molecule has 142 valence electrons. The van der Waals surface area contributed by atoms with E-state index in [1.54, 1.807) is 0 Å². The van der Waals surface area contributed by atoms with Gasteiger partial charge < -0.3 is 4.74 Å². The van der Waals surface area contributed by atoms with E-state index in [-0.39, 0.29) is 25.4 Å². The monoisotopic (exact) mass is 385 g/mol. The van der Waals surface area contributed by atoms with Crippen LogP contribution >= 0.6 is 0 Å². The molecule has 2 aromatic rings. The van der Waals surface area contributed by atoms with Crippen LogP contribution in [0.25, 0.3) is 11.1 Å². The highest BCUT2D eigenvalue weighted by atomic mass is 16.8. The van der Waals surface area contributed by atoms with Crippen molar-refractivity contribution in [3.63, 3.8) is 0 Å². The van der Waals surface area contributed by atoms with Crippen LogP contribution in [0, 0.1) is 24.7 Å². The number of hydrogen-bond donors (Lipinski definition) is 0. The lowest BCUT2D eigenvalue weighted by molar-refractivity contribution is -0.177. The number of terminal acetylenes is 2. The molecule has 0 aromatic heterocycles. The van der Waals surface area contributed by atoms with Crippen LogP contribution in [0.1, 0.15) is 41.0 Å². The molecule has 6 heteroatoms. The molecule has 1 heterocycles. The first-order valence-electron chi connectivity index (χ1n) is 8.94. The molecule has 0 bridgehead atoms. The summed E-state index contributed by atoms with van der Waals surface area (Å²) in [5.74, 6) is 3.76. The molecule has 0 atom stereocenters. The van der Waals surface area contributed by atoms with E-state index in [0.717, 1.165) is 22.3 Å². The molecular weight excluding hydrogens is 370 g/mol. The Balaban J connectivity index is 1.59. The van der Waals surface area contributed by atoms with Crippen LogP contribution in [0.2, 0.25) is 0 Å². The van der Waals surface area contributed by atoms with Crippen molar-refractivity contribution in [2.45, 2.75) is 18.8 Å². The highest BCUT2D eigenvalue weighted by Gasteiger charge is 2.35. The number of amides is 2.